The van der Waals surface area contributed by atoms with Crippen molar-refractivity contribution >= 4 is 46.2 Å². The first-order chi connectivity index (χ1) is 6.24. The van der Waals surface area contributed by atoms with Crippen LogP contribution in [-0.4, -0.2) is 27.8 Å². The summed E-state index contributed by atoms with van der Waals surface area (Å²) in [7, 11) is 1.85. The minimum atomic E-state index is 0.430. The molecule has 5 heteroatoms. The van der Waals surface area contributed by atoms with Gasteiger partial charge in [0, 0.05) is 13.0 Å². The highest BCUT2D eigenvalue weighted by Gasteiger charge is 2.33. The molecule has 2 aliphatic rings. The summed E-state index contributed by atoms with van der Waals surface area (Å²) in [6.45, 7) is 0. The Labute approximate surface area is 92.7 Å². The summed E-state index contributed by atoms with van der Waals surface area (Å²) in [4.78, 5) is 3.06. The van der Waals surface area contributed by atoms with E-state index in [0.29, 0.717) is 5.92 Å². The first-order valence-electron chi connectivity index (χ1n) is 4.13. The summed E-state index contributed by atoms with van der Waals surface area (Å²) in [6, 6.07) is 0. The fourth-order valence-corrected chi connectivity index (χ4v) is 3.77. The number of hydrogen-bond donors (Lipinski definition) is 1. The maximum absolute atomic E-state index is 5.36. The van der Waals surface area contributed by atoms with Gasteiger partial charge in [-0.2, -0.15) is 0 Å². The highest BCUT2D eigenvalue weighted by Crippen LogP contribution is 2.40. The molecule has 0 aliphatic carbocycles. The van der Waals surface area contributed by atoms with Crippen LogP contribution in [0.4, 0.5) is 0 Å². The molecule has 1 saturated heterocycles. The number of hydrazine groups is 1. The van der Waals surface area contributed by atoms with Crippen molar-refractivity contribution in [3.8, 4) is 0 Å². The Kier molecular flexibility index (Phi) is 2.69. The first kappa shape index (κ1) is 9.58. The quantitative estimate of drug-likeness (QED) is 0.688. The zero-order chi connectivity index (χ0) is 9.42. The van der Waals surface area contributed by atoms with Crippen LogP contribution in [-0.2, 0) is 0 Å². The SMILES string of the molecule is CNN1C(=S)C=C2SCCC2C1=S. The Bertz CT molecular complexity index is 298. The van der Waals surface area contributed by atoms with Crippen molar-refractivity contribution in [3.05, 3.63) is 11.0 Å². The summed E-state index contributed by atoms with van der Waals surface area (Å²) in [5, 5.41) is 1.82. The Morgan fingerprint density at radius 3 is 3.08 bits per heavy atom. The Morgan fingerprint density at radius 1 is 1.62 bits per heavy atom. The summed E-state index contributed by atoms with van der Waals surface area (Å²) >= 11 is 12.5. The van der Waals surface area contributed by atoms with Crippen molar-refractivity contribution in [2.45, 2.75) is 6.42 Å². The molecule has 13 heavy (non-hydrogen) atoms. The molecule has 0 radical (unpaired) electrons. The van der Waals surface area contributed by atoms with Crippen molar-refractivity contribution < 1.29 is 0 Å². The Morgan fingerprint density at radius 2 is 2.38 bits per heavy atom. The van der Waals surface area contributed by atoms with Crippen molar-refractivity contribution in [2.75, 3.05) is 12.8 Å². The van der Waals surface area contributed by atoms with E-state index in [1.807, 2.05) is 23.8 Å². The number of thioether (sulfide) groups is 1. The molecular formula is C8H10N2S3. The summed E-state index contributed by atoms with van der Waals surface area (Å²) in [5.74, 6) is 1.59. The van der Waals surface area contributed by atoms with Gasteiger partial charge in [-0.05, 0) is 23.2 Å². The van der Waals surface area contributed by atoms with Gasteiger partial charge < -0.3 is 0 Å². The number of hydrogen-bond acceptors (Lipinski definition) is 4. The molecule has 1 atom stereocenters. The van der Waals surface area contributed by atoms with Crippen molar-refractivity contribution in [2.24, 2.45) is 5.92 Å². The number of nitrogens with zero attached hydrogens (tertiary/aromatic N) is 1. The molecule has 70 valence electrons. The first-order valence-corrected chi connectivity index (χ1v) is 5.94. The average Bonchev–Trinajstić information content (AvgIpc) is 2.53. The van der Waals surface area contributed by atoms with E-state index < -0.39 is 0 Å². The van der Waals surface area contributed by atoms with E-state index in [-0.39, 0.29) is 0 Å². The molecular weight excluding hydrogens is 220 g/mol. The molecule has 0 spiro atoms. The molecule has 1 fully saturated rings. The maximum Gasteiger partial charge on any atom is 0.122 e. The van der Waals surface area contributed by atoms with Crippen LogP contribution < -0.4 is 5.43 Å². The van der Waals surface area contributed by atoms with E-state index in [4.69, 9.17) is 24.4 Å². The molecule has 2 aliphatic heterocycles. The van der Waals surface area contributed by atoms with E-state index in [1.54, 1.807) is 0 Å². The highest BCUT2D eigenvalue weighted by atomic mass is 32.2. The highest BCUT2D eigenvalue weighted by molar-refractivity contribution is 8.03. The Hall–Kier alpha value is 0.0300. The van der Waals surface area contributed by atoms with Gasteiger partial charge in [-0.1, -0.05) is 24.4 Å². The van der Waals surface area contributed by atoms with Crippen LogP contribution in [0, 0.1) is 5.92 Å². The second kappa shape index (κ2) is 3.65. The smallest absolute Gasteiger partial charge is 0.122 e. The second-order valence-electron chi connectivity index (χ2n) is 2.97. The lowest BCUT2D eigenvalue weighted by molar-refractivity contribution is 0.487. The average molecular weight is 230 g/mol. The van der Waals surface area contributed by atoms with Gasteiger partial charge in [0.1, 0.15) is 9.98 Å². The van der Waals surface area contributed by atoms with Crippen molar-refractivity contribution in [3.63, 3.8) is 0 Å². The van der Waals surface area contributed by atoms with Gasteiger partial charge >= 0.3 is 0 Å². The molecule has 2 nitrogen and oxygen atoms in total. The molecule has 2 heterocycles. The molecule has 0 aromatic carbocycles. The van der Waals surface area contributed by atoms with Gasteiger partial charge in [-0.3, -0.25) is 5.01 Å². The lowest BCUT2D eigenvalue weighted by Crippen LogP contribution is -2.47. The third-order valence-electron chi connectivity index (χ3n) is 2.25. The maximum atomic E-state index is 5.36. The summed E-state index contributed by atoms with van der Waals surface area (Å²) < 4.78 is 0. The number of rotatable bonds is 1. The topological polar surface area (TPSA) is 15.3 Å². The van der Waals surface area contributed by atoms with Gasteiger partial charge in [-0.25, -0.2) is 5.43 Å². The molecule has 1 N–H and O–H groups in total. The van der Waals surface area contributed by atoms with E-state index in [2.05, 4.69) is 11.5 Å². The third-order valence-corrected chi connectivity index (χ3v) is 4.19. The van der Waals surface area contributed by atoms with Crippen molar-refractivity contribution in [1.29, 1.82) is 0 Å². The lowest BCUT2D eigenvalue weighted by atomic mass is 10.0. The van der Waals surface area contributed by atoms with Crippen LogP contribution in [0.3, 0.4) is 0 Å². The largest absolute Gasteiger partial charge is 0.259 e. The van der Waals surface area contributed by atoms with Crippen molar-refractivity contribution in [1.82, 2.24) is 10.4 Å². The van der Waals surface area contributed by atoms with Gasteiger partial charge in [0.25, 0.3) is 0 Å². The number of nitrogens with one attached hydrogen (secondary N) is 1. The number of thiocarbonyl (C=S) groups is 2. The Balaban J connectivity index is 2.33. The van der Waals surface area contributed by atoms with Crippen LogP contribution in [0.1, 0.15) is 6.42 Å². The summed E-state index contributed by atoms with van der Waals surface area (Å²) in [6.07, 6.45) is 3.21. The van der Waals surface area contributed by atoms with Crippen LogP contribution in [0.15, 0.2) is 11.0 Å². The van der Waals surface area contributed by atoms with Gasteiger partial charge in [-0.15, -0.1) is 11.8 Å². The molecule has 0 aromatic rings. The number of fused-ring (bicyclic) bond motifs is 1. The zero-order valence-electron chi connectivity index (χ0n) is 7.24. The predicted molar refractivity (Wildman–Crippen MR) is 64.7 cm³/mol. The van der Waals surface area contributed by atoms with Crippen LogP contribution in [0.2, 0.25) is 0 Å². The normalized spacial score (nSPS) is 27.6. The van der Waals surface area contributed by atoms with E-state index >= 15 is 0 Å². The summed E-state index contributed by atoms with van der Waals surface area (Å²) in [5.41, 5.74) is 3.01. The fourth-order valence-electron chi connectivity index (χ4n) is 1.60. The van der Waals surface area contributed by atoms with E-state index in [0.717, 1.165) is 22.2 Å². The molecule has 2 rings (SSSR count). The van der Waals surface area contributed by atoms with Gasteiger partial charge in [0.05, 0.1) is 0 Å². The van der Waals surface area contributed by atoms with Crippen LogP contribution in [0.5, 0.6) is 0 Å². The molecule has 0 amide bonds. The third kappa shape index (κ3) is 1.54. The monoisotopic (exact) mass is 230 g/mol. The minimum Gasteiger partial charge on any atom is -0.259 e. The van der Waals surface area contributed by atoms with Crippen LogP contribution in [0.25, 0.3) is 0 Å². The molecule has 1 unspecified atom stereocenters. The standard InChI is InChI=1S/C8H10N2S3/c1-9-10-7(11)4-6-5(8(10)12)2-3-13-6/h4-5,9H,2-3H2,1H3. The molecule has 0 aromatic heterocycles. The van der Waals surface area contributed by atoms with E-state index in [1.165, 1.54) is 4.91 Å². The zero-order valence-corrected chi connectivity index (χ0v) is 9.69. The predicted octanol–water partition coefficient (Wildman–Crippen LogP) is 1.73. The van der Waals surface area contributed by atoms with E-state index in [9.17, 15) is 0 Å². The second-order valence-corrected chi connectivity index (χ2v) is 4.98. The van der Waals surface area contributed by atoms with Crippen LogP contribution >= 0.6 is 36.2 Å². The van der Waals surface area contributed by atoms with Gasteiger partial charge in [0.15, 0.2) is 0 Å². The fraction of sp³-hybridized carbons (Fsp3) is 0.500. The molecule has 0 bridgehead atoms. The minimum absolute atomic E-state index is 0.430. The lowest BCUT2D eigenvalue weighted by Gasteiger charge is -2.30. The molecule has 0 saturated carbocycles. The van der Waals surface area contributed by atoms with Gasteiger partial charge in [0.2, 0.25) is 0 Å².